The lowest BCUT2D eigenvalue weighted by Crippen LogP contribution is -2.47. The summed E-state index contributed by atoms with van der Waals surface area (Å²) < 4.78 is 81.0. The van der Waals surface area contributed by atoms with Gasteiger partial charge >= 0.3 is 6.18 Å². The van der Waals surface area contributed by atoms with Gasteiger partial charge in [-0.05, 0) is 18.2 Å². The minimum Gasteiger partial charge on any atom is -0.358 e. The molecule has 32 heavy (non-hydrogen) atoms. The maximum Gasteiger partial charge on any atom is 0.445 e. The smallest absolute Gasteiger partial charge is 0.358 e. The molecule has 8 nitrogen and oxygen atoms in total. The van der Waals surface area contributed by atoms with Gasteiger partial charge in [0.15, 0.2) is 0 Å². The Hall–Kier alpha value is -3.23. The summed E-state index contributed by atoms with van der Waals surface area (Å²) in [5.41, 5.74) is -0.151. The molecule has 170 valence electrons. The lowest BCUT2D eigenvalue weighted by molar-refractivity contribution is -0.138. The monoisotopic (exact) mass is 477 g/mol. The molecule has 0 saturated carbocycles. The third-order valence-corrected chi connectivity index (χ3v) is 5.67. The van der Waals surface area contributed by atoms with Gasteiger partial charge in [0.1, 0.15) is 11.9 Å². The molecule has 0 aliphatic carbocycles. The number of rotatable bonds is 5. The van der Waals surface area contributed by atoms with E-state index in [0.29, 0.717) is 0 Å². The molecule has 1 atom stereocenters. The number of anilines is 1. The van der Waals surface area contributed by atoms with Gasteiger partial charge in [-0.2, -0.15) is 28.2 Å². The van der Waals surface area contributed by atoms with Gasteiger partial charge in [-0.1, -0.05) is 11.3 Å². The Balaban J connectivity index is 1.58. The fourth-order valence-corrected chi connectivity index (χ4v) is 3.88. The van der Waals surface area contributed by atoms with Crippen LogP contribution in [-0.2, 0) is 6.18 Å². The van der Waals surface area contributed by atoms with Crippen molar-refractivity contribution >= 4 is 22.4 Å². The number of hydrogen-bond donors (Lipinski definition) is 1. The third-order valence-electron chi connectivity index (χ3n) is 4.75. The molecule has 1 fully saturated rings. The first-order valence-electron chi connectivity index (χ1n) is 9.06. The second kappa shape index (κ2) is 8.03. The molecular weight excluding hydrogens is 464 g/mol. The molecule has 1 amide bonds. The van der Waals surface area contributed by atoms with Crippen molar-refractivity contribution in [3.05, 3.63) is 47.0 Å². The summed E-state index contributed by atoms with van der Waals surface area (Å²) in [6.45, 7) is -0.930. The molecule has 2 aromatic heterocycles. The van der Waals surface area contributed by atoms with Gasteiger partial charge < -0.3 is 10.2 Å². The number of nitrogens with one attached hydrogen (secondary N) is 1. The van der Waals surface area contributed by atoms with Crippen LogP contribution in [0.1, 0.15) is 21.8 Å². The van der Waals surface area contributed by atoms with Crippen molar-refractivity contribution in [3.63, 3.8) is 0 Å². The van der Waals surface area contributed by atoms with Gasteiger partial charge in [-0.3, -0.25) is 4.79 Å². The predicted octanol–water partition coefficient (Wildman–Crippen LogP) is 3.24. The minimum absolute atomic E-state index is 0.0854. The van der Waals surface area contributed by atoms with E-state index in [1.165, 1.54) is 18.5 Å². The van der Waals surface area contributed by atoms with Crippen LogP contribution in [-0.4, -0.2) is 61.1 Å². The predicted molar refractivity (Wildman–Crippen MR) is 99.1 cm³/mol. The van der Waals surface area contributed by atoms with Crippen LogP contribution in [0.15, 0.2) is 30.6 Å². The molecule has 3 aromatic rings. The normalized spacial score (nSPS) is 18.2. The van der Waals surface area contributed by atoms with Crippen LogP contribution in [0.3, 0.4) is 0 Å². The topological polar surface area (TPSA) is 88.8 Å². The second-order valence-electron chi connectivity index (χ2n) is 6.80. The summed E-state index contributed by atoms with van der Waals surface area (Å²) in [6, 6.07) is 1.49. The highest BCUT2D eigenvalue weighted by molar-refractivity contribution is 7.15. The zero-order chi connectivity index (χ0) is 23.1. The number of aromatic nitrogens is 5. The maximum atomic E-state index is 14.5. The van der Waals surface area contributed by atoms with E-state index >= 15 is 0 Å². The molecule has 15 heteroatoms. The first-order chi connectivity index (χ1) is 15.1. The van der Waals surface area contributed by atoms with Crippen LogP contribution in [0.4, 0.5) is 31.5 Å². The van der Waals surface area contributed by atoms with E-state index in [2.05, 4.69) is 25.7 Å². The van der Waals surface area contributed by atoms with Crippen LogP contribution < -0.4 is 5.32 Å². The lowest BCUT2D eigenvalue weighted by atomic mass is 10.1. The minimum atomic E-state index is -4.72. The SMILES string of the molecule is O=C(c1cc(F)ccc1-n1nccn1)N1CCC(F)(F)C1CNc1nnc(C(F)(F)F)s1. The molecular formula is C17H13F6N7OS. The van der Waals surface area contributed by atoms with Crippen molar-refractivity contribution in [2.75, 3.05) is 18.4 Å². The van der Waals surface area contributed by atoms with Gasteiger partial charge in [0.25, 0.3) is 11.8 Å². The molecule has 1 aliphatic rings. The lowest BCUT2D eigenvalue weighted by Gasteiger charge is -2.28. The zero-order valence-corrected chi connectivity index (χ0v) is 16.7. The quantitative estimate of drug-likeness (QED) is 0.568. The standard InChI is InChI=1S/C17H13F6N7OS/c18-9-1-2-11(30-25-4-5-26-30)10(7-9)13(31)29-6-3-16(19,20)12(29)8-24-15-28-27-14(32-15)17(21,22)23/h1-2,4-5,7,12H,3,6,8H2,(H,24,28). The molecule has 0 spiro atoms. The van der Waals surface area contributed by atoms with Crippen LogP contribution in [0.2, 0.25) is 0 Å². The fourth-order valence-electron chi connectivity index (χ4n) is 3.26. The largest absolute Gasteiger partial charge is 0.445 e. The summed E-state index contributed by atoms with van der Waals surface area (Å²) >= 11 is 0.156. The summed E-state index contributed by atoms with van der Waals surface area (Å²) in [5.74, 6) is -5.00. The molecule has 1 N–H and O–H groups in total. The first-order valence-corrected chi connectivity index (χ1v) is 9.87. The van der Waals surface area contributed by atoms with E-state index in [-0.39, 0.29) is 34.3 Å². The van der Waals surface area contributed by atoms with E-state index in [1.54, 1.807) is 0 Å². The van der Waals surface area contributed by atoms with Gasteiger partial charge in [0, 0.05) is 19.5 Å². The summed E-state index contributed by atoms with van der Waals surface area (Å²) in [4.78, 5) is 15.0. The zero-order valence-electron chi connectivity index (χ0n) is 15.9. The maximum absolute atomic E-state index is 14.5. The van der Waals surface area contributed by atoms with Crippen LogP contribution in [0, 0.1) is 5.82 Å². The van der Waals surface area contributed by atoms with E-state index in [1.807, 2.05) is 0 Å². The van der Waals surface area contributed by atoms with Gasteiger partial charge in [0.2, 0.25) is 10.1 Å². The van der Waals surface area contributed by atoms with Crippen molar-refractivity contribution in [2.45, 2.75) is 24.6 Å². The van der Waals surface area contributed by atoms with Crippen LogP contribution in [0.25, 0.3) is 5.69 Å². The number of alkyl halides is 5. The van der Waals surface area contributed by atoms with Crippen LogP contribution >= 0.6 is 11.3 Å². The van der Waals surface area contributed by atoms with Gasteiger partial charge in [0.05, 0.1) is 23.6 Å². The molecule has 1 aromatic carbocycles. The molecule has 1 saturated heterocycles. The molecule has 1 aliphatic heterocycles. The number of likely N-dealkylation sites (tertiary alicyclic amines) is 1. The number of hydrogen-bond acceptors (Lipinski definition) is 7. The van der Waals surface area contributed by atoms with Crippen molar-refractivity contribution in [1.29, 1.82) is 0 Å². The molecule has 0 radical (unpaired) electrons. The Morgan fingerprint density at radius 2 is 1.94 bits per heavy atom. The highest BCUT2D eigenvalue weighted by Gasteiger charge is 2.51. The highest BCUT2D eigenvalue weighted by atomic mass is 32.1. The third kappa shape index (κ3) is 4.24. The van der Waals surface area contributed by atoms with Crippen molar-refractivity contribution in [1.82, 2.24) is 30.1 Å². The Kier molecular flexibility index (Phi) is 5.52. The van der Waals surface area contributed by atoms with Gasteiger partial charge in [-0.25, -0.2) is 13.2 Å². The van der Waals surface area contributed by atoms with Crippen LogP contribution in [0.5, 0.6) is 0 Å². The average Bonchev–Trinajstić information content (AvgIpc) is 3.45. The number of carbonyl (C=O) groups is 1. The van der Waals surface area contributed by atoms with Crippen molar-refractivity contribution in [2.24, 2.45) is 0 Å². The summed E-state index contributed by atoms with van der Waals surface area (Å²) in [6.07, 6.45) is -2.73. The number of halogens is 6. The molecule has 4 rings (SSSR count). The van der Waals surface area contributed by atoms with Crippen molar-refractivity contribution < 1.29 is 31.1 Å². The Morgan fingerprint density at radius 1 is 1.22 bits per heavy atom. The highest BCUT2D eigenvalue weighted by Crippen LogP contribution is 2.37. The fraction of sp³-hybridized carbons (Fsp3) is 0.353. The van der Waals surface area contributed by atoms with Crippen molar-refractivity contribution in [3.8, 4) is 5.69 Å². The number of carbonyl (C=O) groups excluding carboxylic acids is 1. The molecule has 1 unspecified atom stereocenters. The summed E-state index contributed by atoms with van der Waals surface area (Å²) in [7, 11) is 0. The molecule has 3 heterocycles. The number of benzene rings is 1. The summed E-state index contributed by atoms with van der Waals surface area (Å²) in [5, 5.41) is 14.9. The van der Waals surface area contributed by atoms with E-state index in [9.17, 15) is 31.1 Å². The van der Waals surface area contributed by atoms with E-state index < -0.39 is 47.8 Å². The van der Waals surface area contributed by atoms with E-state index in [0.717, 1.165) is 21.8 Å². The Morgan fingerprint density at radius 3 is 2.59 bits per heavy atom. The number of amides is 1. The van der Waals surface area contributed by atoms with Gasteiger partial charge in [-0.15, -0.1) is 10.2 Å². The first kappa shape index (κ1) is 22.0. The Bertz CT molecular complexity index is 1120. The second-order valence-corrected chi connectivity index (χ2v) is 7.77. The molecule has 0 bridgehead atoms. The average molecular weight is 477 g/mol. The Labute approximate surface area is 179 Å². The van der Waals surface area contributed by atoms with E-state index in [4.69, 9.17) is 0 Å². The number of nitrogens with zero attached hydrogens (tertiary/aromatic N) is 6.